The van der Waals surface area contributed by atoms with Crippen LogP contribution >= 0.6 is 15.9 Å². The van der Waals surface area contributed by atoms with E-state index in [1.165, 1.54) is 0 Å². The highest BCUT2D eigenvalue weighted by atomic mass is 79.9. The summed E-state index contributed by atoms with van der Waals surface area (Å²) in [6.45, 7) is 4.90. The molecule has 6 heteroatoms. The lowest BCUT2D eigenvalue weighted by atomic mass is 10.0. The molecule has 0 saturated carbocycles. The number of carbonyl (C=O) groups is 1. The van der Waals surface area contributed by atoms with Crippen molar-refractivity contribution in [1.29, 1.82) is 0 Å². The lowest BCUT2D eigenvalue weighted by molar-refractivity contribution is 0.102. The van der Waals surface area contributed by atoms with Crippen LogP contribution in [0.3, 0.4) is 0 Å². The van der Waals surface area contributed by atoms with Gasteiger partial charge in [-0.3, -0.25) is 9.78 Å². The molecule has 0 fully saturated rings. The highest BCUT2D eigenvalue weighted by Gasteiger charge is 2.18. The van der Waals surface area contributed by atoms with E-state index in [4.69, 9.17) is 9.47 Å². The van der Waals surface area contributed by atoms with E-state index in [2.05, 4.69) is 26.2 Å². The maximum absolute atomic E-state index is 13.0. The smallest absolute Gasteiger partial charge is 0.256 e. The Bertz CT molecular complexity index is 1030. The van der Waals surface area contributed by atoms with Gasteiger partial charge in [-0.15, -0.1) is 0 Å². The van der Waals surface area contributed by atoms with E-state index in [1.54, 1.807) is 6.07 Å². The van der Waals surface area contributed by atoms with Gasteiger partial charge in [0.1, 0.15) is 13.2 Å². The number of pyridine rings is 1. The van der Waals surface area contributed by atoms with E-state index in [9.17, 15) is 4.79 Å². The monoisotopic (exact) mass is 412 g/mol. The molecule has 0 spiro atoms. The summed E-state index contributed by atoms with van der Waals surface area (Å²) >= 11 is 3.49. The number of benzene rings is 2. The molecule has 0 atom stereocenters. The SMILES string of the molecule is Cc1ccc2nc(C)cc(C(=O)Nc3cc4c(cc3Br)OCCO4)c2c1. The molecule has 1 amide bonds. The van der Waals surface area contributed by atoms with E-state index < -0.39 is 0 Å². The van der Waals surface area contributed by atoms with Crippen molar-refractivity contribution in [3.63, 3.8) is 0 Å². The summed E-state index contributed by atoms with van der Waals surface area (Å²) in [5.74, 6) is 1.10. The van der Waals surface area contributed by atoms with Crippen molar-refractivity contribution >= 4 is 38.4 Å². The van der Waals surface area contributed by atoms with E-state index >= 15 is 0 Å². The summed E-state index contributed by atoms with van der Waals surface area (Å²) < 4.78 is 11.9. The van der Waals surface area contributed by atoms with Gasteiger partial charge in [-0.2, -0.15) is 0 Å². The van der Waals surface area contributed by atoms with Crippen molar-refractivity contribution in [2.24, 2.45) is 0 Å². The van der Waals surface area contributed by atoms with Gasteiger partial charge in [0.2, 0.25) is 0 Å². The zero-order valence-corrected chi connectivity index (χ0v) is 16.0. The number of fused-ring (bicyclic) bond motifs is 2. The van der Waals surface area contributed by atoms with Crippen molar-refractivity contribution in [2.45, 2.75) is 13.8 Å². The lowest BCUT2D eigenvalue weighted by Gasteiger charge is -2.20. The molecule has 2 aromatic carbocycles. The number of ether oxygens (including phenoxy) is 2. The van der Waals surface area contributed by atoms with Gasteiger partial charge in [-0.25, -0.2) is 0 Å². The van der Waals surface area contributed by atoms with Crippen LogP contribution in [0.5, 0.6) is 11.5 Å². The molecule has 0 saturated heterocycles. The maximum atomic E-state index is 13.0. The summed E-state index contributed by atoms with van der Waals surface area (Å²) in [7, 11) is 0. The third kappa shape index (κ3) is 3.12. The summed E-state index contributed by atoms with van der Waals surface area (Å²) in [6, 6.07) is 11.3. The number of aryl methyl sites for hydroxylation is 2. The number of hydrogen-bond acceptors (Lipinski definition) is 4. The zero-order valence-electron chi connectivity index (χ0n) is 14.4. The number of hydrogen-bond donors (Lipinski definition) is 1. The second-order valence-corrected chi connectivity index (χ2v) is 7.12. The second kappa shape index (κ2) is 6.61. The van der Waals surface area contributed by atoms with Crippen LogP contribution in [0.15, 0.2) is 40.9 Å². The third-order valence-corrected chi connectivity index (χ3v) is 4.87. The van der Waals surface area contributed by atoms with Crippen LogP contribution in [0.4, 0.5) is 5.69 Å². The molecule has 5 nitrogen and oxygen atoms in total. The zero-order chi connectivity index (χ0) is 18.3. The molecule has 1 N–H and O–H groups in total. The fraction of sp³-hybridized carbons (Fsp3) is 0.200. The molecule has 1 aliphatic rings. The van der Waals surface area contributed by atoms with Crippen LogP contribution in [0.1, 0.15) is 21.6 Å². The minimum Gasteiger partial charge on any atom is -0.486 e. The number of nitrogens with zero attached hydrogens (tertiary/aromatic N) is 1. The van der Waals surface area contributed by atoms with Crippen molar-refractivity contribution in [2.75, 3.05) is 18.5 Å². The number of anilines is 1. The number of rotatable bonds is 2. The van der Waals surface area contributed by atoms with Crippen molar-refractivity contribution in [3.8, 4) is 11.5 Å². The van der Waals surface area contributed by atoms with E-state index in [1.807, 2.05) is 44.2 Å². The number of aromatic nitrogens is 1. The Kier molecular flexibility index (Phi) is 4.28. The average Bonchev–Trinajstić information content (AvgIpc) is 2.62. The molecule has 1 aromatic heterocycles. The second-order valence-electron chi connectivity index (χ2n) is 6.26. The Morgan fingerprint density at radius 1 is 1.08 bits per heavy atom. The van der Waals surface area contributed by atoms with Gasteiger partial charge < -0.3 is 14.8 Å². The Balaban J connectivity index is 1.73. The summed E-state index contributed by atoms with van der Waals surface area (Å²) in [5.41, 5.74) is 3.92. The van der Waals surface area contributed by atoms with Gasteiger partial charge in [-0.1, -0.05) is 11.6 Å². The minimum absolute atomic E-state index is 0.191. The quantitative estimate of drug-likeness (QED) is 0.665. The first-order chi connectivity index (χ1) is 12.5. The Morgan fingerprint density at radius 2 is 1.81 bits per heavy atom. The highest BCUT2D eigenvalue weighted by molar-refractivity contribution is 9.10. The lowest BCUT2D eigenvalue weighted by Crippen LogP contribution is -2.17. The van der Waals surface area contributed by atoms with Crippen LogP contribution in [0.25, 0.3) is 10.9 Å². The van der Waals surface area contributed by atoms with Crippen LogP contribution in [0.2, 0.25) is 0 Å². The van der Waals surface area contributed by atoms with E-state index in [0.29, 0.717) is 36.0 Å². The molecule has 4 rings (SSSR count). The van der Waals surface area contributed by atoms with Crippen LogP contribution < -0.4 is 14.8 Å². The summed E-state index contributed by atoms with van der Waals surface area (Å²) in [6.07, 6.45) is 0. The Morgan fingerprint density at radius 3 is 2.58 bits per heavy atom. The number of nitrogens with one attached hydrogen (secondary N) is 1. The normalized spacial score (nSPS) is 12.9. The first-order valence-electron chi connectivity index (χ1n) is 8.30. The summed E-state index contributed by atoms with van der Waals surface area (Å²) in [4.78, 5) is 17.5. The van der Waals surface area contributed by atoms with Crippen LogP contribution in [-0.4, -0.2) is 24.1 Å². The molecule has 0 unspecified atom stereocenters. The predicted octanol–water partition coefficient (Wildman–Crippen LogP) is 4.64. The molecule has 1 aliphatic heterocycles. The van der Waals surface area contributed by atoms with Gasteiger partial charge in [0.25, 0.3) is 5.91 Å². The van der Waals surface area contributed by atoms with Gasteiger partial charge in [-0.05, 0) is 48.0 Å². The number of carbonyl (C=O) groups excluding carboxylic acids is 1. The molecular weight excluding hydrogens is 396 g/mol. The standard InChI is InChI=1S/C20H17BrN2O3/c1-11-3-4-16-13(7-11)14(8-12(2)22-16)20(24)23-17-10-19-18(9-15(17)21)25-5-6-26-19/h3-4,7-10H,5-6H2,1-2H3,(H,23,24). The van der Waals surface area contributed by atoms with E-state index in [0.717, 1.165) is 26.6 Å². The van der Waals surface area contributed by atoms with Gasteiger partial charge >= 0.3 is 0 Å². The fourth-order valence-corrected chi connectivity index (χ4v) is 3.43. The maximum Gasteiger partial charge on any atom is 0.256 e. The molecule has 26 heavy (non-hydrogen) atoms. The van der Waals surface area contributed by atoms with Crippen LogP contribution in [0, 0.1) is 13.8 Å². The average molecular weight is 413 g/mol. The molecule has 0 bridgehead atoms. The minimum atomic E-state index is -0.191. The van der Waals surface area contributed by atoms with E-state index in [-0.39, 0.29) is 5.91 Å². The van der Waals surface area contributed by atoms with Crippen LogP contribution in [-0.2, 0) is 0 Å². The van der Waals surface area contributed by atoms with Gasteiger partial charge in [0, 0.05) is 27.7 Å². The predicted molar refractivity (Wildman–Crippen MR) is 104 cm³/mol. The Labute approximate surface area is 159 Å². The molecule has 0 aliphatic carbocycles. The topological polar surface area (TPSA) is 60.5 Å². The third-order valence-electron chi connectivity index (χ3n) is 4.22. The van der Waals surface area contributed by atoms with Gasteiger partial charge in [0.05, 0.1) is 16.8 Å². The molecule has 0 radical (unpaired) electrons. The molecule has 3 aromatic rings. The molecule has 132 valence electrons. The largest absolute Gasteiger partial charge is 0.486 e. The number of amides is 1. The Hall–Kier alpha value is -2.60. The first kappa shape index (κ1) is 16.8. The summed E-state index contributed by atoms with van der Waals surface area (Å²) in [5, 5.41) is 3.80. The molecular formula is C20H17BrN2O3. The number of halogens is 1. The van der Waals surface area contributed by atoms with Gasteiger partial charge in [0.15, 0.2) is 11.5 Å². The van der Waals surface area contributed by atoms with Crippen molar-refractivity contribution < 1.29 is 14.3 Å². The highest BCUT2D eigenvalue weighted by Crippen LogP contribution is 2.38. The van der Waals surface area contributed by atoms with Crippen molar-refractivity contribution in [1.82, 2.24) is 4.98 Å². The molecule has 2 heterocycles. The first-order valence-corrected chi connectivity index (χ1v) is 9.09. The fourth-order valence-electron chi connectivity index (χ4n) is 3.01. The van der Waals surface area contributed by atoms with Crippen molar-refractivity contribution in [3.05, 3.63) is 57.7 Å².